The second kappa shape index (κ2) is 6.31. The van der Waals surface area contributed by atoms with E-state index in [1.54, 1.807) is 11.2 Å². The first-order valence-corrected chi connectivity index (χ1v) is 7.86. The van der Waals surface area contributed by atoms with Crippen LogP contribution in [0.5, 0.6) is 0 Å². The van der Waals surface area contributed by atoms with Gasteiger partial charge in [0.2, 0.25) is 5.12 Å². The van der Waals surface area contributed by atoms with Gasteiger partial charge in [-0.3, -0.25) is 9.69 Å². The summed E-state index contributed by atoms with van der Waals surface area (Å²) in [6.45, 7) is 4.33. The van der Waals surface area contributed by atoms with E-state index < -0.39 is 12.1 Å². The molecule has 0 radical (unpaired) electrons. The third-order valence-corrected chi connectivity index (χ3v) is 4.06. The lowest BCUT2D eigenvalue weighted by molar-refractivity contribution is -0.116. The molecule has 1 saturated heterocycles. The number of nitrogens with zero attached hydrogens (tertiary/aromatic N) is 1. The van der Waals surface area contributed by atoms with Crippen molar-refractivity contribution in [3.05, 3.63) is 35.9 Å². The predicted octanol–water partition coefficient (Wildman–Crippen LogP) is 2.92. The van der Waals surface area contributed by atoms with Crippen LogP contribution in [0.25, 0.3) is 0 Å². The Hall–Kier alpha value is -1.49. The zero-order chi connectivity index (χ0) is 14.7. The predicted molar refractivity (Wildman–Crippen MR) is 79.4 cm³/mol. The summed E-state index contributed by atoms with van der Waals surface area (Å²) in [5, 5.41) is -0.0227. The van der Waals surface area contributed by atoms with Gasteiger partial charge in [0.25, 0.3) is 0 Å². The van der Waals surface area contributed by atoms with Gasteiger partial charge in [-0.2, -0.15) is 0 Å². The Bertz CT molecular complexity index is 489. The topological polar surface area (TPSA) is 46.6 Å². The Balaban J connectivity index is 2.24. The fraction of sp³-hybridized carbons (Fsp3) is 0.467. The van der Waals surface area contributed by atoms with Crippen LogP contribution >= 0.6 is 11.8 Å². The molecule has 108 valence electrons. The van der Waals surface area contributed by atoms with Crippen LogP contribution in [-0.4, -0.2) is 34.5 Å². The molecule has 1 aliphatic rings. The molecule has 0 saturated carbocycles. The van der Waals surface area contributed by atoms with E-state index in [9.17, 15) is 9.59 Å². The van der Waals surface area contributed by atoms with Gasteiger partial charge in [-0.05, 0) is 17.7 Å². The van der Waals surface area contributed by atoms with Gasteiger partial charge >= 0.3 is 6.09 Å². The second-order valence-corrected chi connectivity index (χ2v) is 5.98. The van der Waals surface area contributed by atoms with Crippen molar-refractivity contribution in [1.29, 1.82) is 0 Å². The highest BCUT2D eigenvalue weighted by molar-refractivity contribution is 8.13. The Morgan fingerprint density at radius 3 is 2.55 bits per heavy atom. The zero-order valence-electron chi connectivity index (χ0n) is 11.9. The number of cyclic esters (lactones) is 1. The Labute approximate surface area is 123 Å². The molecule has 1 fully saturated rings. The fourth-order valence-electron chi connectivity index (χ4n) is 2.37. The van der Waals surface area contributed by atoms with Gasteiger partial charge in [-0.1, -0.05) is 55.9 Å². The molecule has 0 aliphatic carbocycles. The molecule has 1 aromatic rings. The van der Waals surface area contributed by atoms with Crippen molar-refractivity contribution in [2.45, 2.75) is 32.5 Å². The van der Waals surface area contributed by atoms with E-state index in [1.165, 1.54) is 0 Å². The van der Waals surface area contributed by atoms with Gasteiger partial charge in [-0.25, -0.2) is 4.79 Å². The summed E-state index contributed by atoms with van der Waals surface area (Å²) in [7, 11) is 0. The molecule has 20 heavy (non-hydrogen) atoms. The molecule has 5 heteroatoms. The summed E-state index contributed by atoms with van der Waals surface area (Å²) in [6, 6.07) is 9.14. The third kappa shape index (κ3) is 2.98. The molecule has 1 aromatic carbocycles. The van der Waals surface area contributed by atoms with Gasteiger partial charge < -0.3 is 4.74 Å². The van der Waals surface area contributed by atoms with E-state index in [0.29, 0.717) is 6.54 Å². The summed E-state index contributed by atoms with van der Waals surface area (Å²) in [5.41, 5.74) is 0.993. The second-order valence-electron chi connectivity index (χ2n) is 5.17. The minimum absolute atomic E-state index is 0.0227. The van der Waals surface area contributed by atoms with Crippen LogP contribution in [0.2, 0.25) is 0 Å². The SMILES string of the molecule is CSC(=O)[C@H]1[C@H](C(C)C)OC(=O)N1Cc1ccccc1. The molecule has 1 amide bonds. The van der Waals surface area contributed by atoms with E-state index >= 15 is 0 Å². The number of ether oxygens (including phenoxy) is 1. The van der Waals surface area contributed by atoms with E-state index in [0.717, 1.165) is 17.3 Å². The molecular weight excluding hydrogens is 274 g/mol. The van der Waals surface area contributed by atoms with Gasteiger partial charge in [0.1, 0.15) is 12.1 Å². The minimum atomic E-state index is -0.502. The third-order valence-electron chi connectivity index (χ3n) is 3.41. The molecule has 0 N–H and O–H groups in total. The molecular formula is C15H19NO3S. The number of amides is 1. The maximum Gasteiger partial charge on any atom is 0.411 e. The zero-order valence-corrected chi connectivity index (χ0v) is 12.7. The van der Waals surface area contributed by atoms with Crippen LogP contribution < -0.4 is 0 Å². The highest BCUT2D eigenvalue weighted by atomic mass is 32.2. The number of thioether (sulfide) groups is 1. The molecule has 1 aliphatic heterocycles. The van der Waals surface area contributed by atoms with E-state index in [2.05, 4.69) is 0 Å². The summed E-state index contributed by atoms with van der Waals surface area (Å²) in [6.07, 6.45) is 0.967. The number of benzene rings is 1. The number of hydrogen-bond acceptors (Lipinski definition) is 4. The van der Waals surface area contributed by atoms with Gasteiger partial charge in [0.15, 0.2) is 0 Å². The van der Waals surface area contributed by atoms with Crippen molar-refractivity contribution in [2.24, 2.45) is 5.92 Å². The lowest BCUT2D eigenvalue weighted by Crippen LogP contribution is -2.43. The molecule has 2 atom stereocenters. The fourth-order valence-corrected chi connectivity index (χ4v) is 2.87. The standard InChI is InChI=1S/C15H19NO3S/c1-10(2)13-12(14(17)20-3)16(15(18)19-13)9-11-7-5-4-6-8-11/h4-8,10,12-13H,9H2,1-3H3/t12-,13+/m1/s1. The quantitative estimate of drug-likeness (QED) is 0.856. The number of hydrogen-bond donors (Lipinski definition) is 0. The van der Waals surface area contributed by atoms with Gasteiger partial charge in [0, 0.05) is 6.54 Å². The average molecular weight is 293 g/mol. The van der Waals surface area contributed by atoms with Crippen LogP contribution in [0.1, 0.15) is 19.4 Å². The molecule has 1 heterocycles. The Kier molecular flexibility index (Phi) is 4.70. The van der Waals surface area contributed by atoms with Crippen molar-refractivity contribution in [3.63, 3.8) is 0 Å². The van der Waals surface area contributed by atoms with Crippen LogP contribution in [0, 0.1) is 5.92 Å². The summed E-state index contributed by atoms with van der Waals surface area (Å²) < 4.78 is 5.40. The molecule has 0 spiro atoms. The van der Waals surface area contributed by atoms with Crippen LogP contribution in [0.3, 0.4) is 0 Å². The Morgan fingerprint density at radius 2 is 2.00 bits per heavy atom. The first kappa shape index (κ1) is 14.9. The van der Waals surface area contributed by atoms with Crippen LogP contribution in [-0.2, 0) is 16.1 Å². The monoisotopic (exact) mass is 293 g/mol. The average Bonchev–Trinajstić information content (AvgIpc) is 2.77. The van der Waals surface area contributed by atoms with Crippen molar-refractivity contribution < 1.29 is 14.3 Å². The maximum absolute atomic E-state index is 12.2. The van der Waals surface area contributed by atoms with E-state index in [1.807, 2.05) is 44.2 Å². The smallest absolute Gasteiger partial charge is 0.411 e. The lowest BCUT2D eigenvalue weighted by Gasteiger charge is -2.24. The van der Waals surface area contributed by atoms with Gasteiger partial charge in [-0.15, -0.1) is 0 Å². The molecule has 0 unspecified atom stereocenters. The molecule has 0 bridgehead atoms. The first-order chi connectivity index (χ1) is 9.54. The number of carbonyl (C=O) groups is 2. The maximum atomic E-state index is 12.2. The molecule has 2 rings (SSSR count). The van der Waals surface area contributed by atoms with Crippen molar-refractivity contribution >= 4 is 23.0 Å². The highest BCUT2D eigenvalue weighted by Crippen LogP contribution is 2.29. The normalized spacial score (nSPS) is 22.2. The molecule has 0 aromatic heterocycles. The highest BCUT2D eigenvalue weighted by Gasteiger charge is 2.46. The van der Waals surface area contributed by atoms with E-state index in [-0.39, 0.29) is 17.1 Å². The number of rotatable bonds is 4. The van der Waals surface area contributed by atoms with Crippen LogP contribution in [0.4, 0.5) is 4.79 Å². The summed E-state index contributed by atoms with van der Waals surface area (Å²) in [4.78, 5) is 25.8. The molecule has 4 nitrogen and oxygen atoms in total. The Morgan fingerprint density at radius 1 is 1.35 bits per heavy atom. The van der Waals surface area contributed by atoms with Crippen molar-refractivity contribution in [2.75, 3.05) is 6.26 Å². The van der Waals surface area contributed by atoms with E-state index in [4.69, 9.17) is 4.74 Å². The van der Waals surface area contributed by atoms with Crippen molar-refractivity contribution in [1.82, 2.24) is 4.90 Å². The largest absolute Gasteiger partial charge is 0.443 e. The first-order valence-electron chi connectivity index (χ1n) is 6.63. The number of carbonyl (C=O) groups excluding carboxylic acids is 2. The lowest BCUT2D eigenvalue weighted by atomic mass is 10.00. The summed E-state index contributed by atoms with van der Waals surface area (Å²) in [5.74, 6) is 0.112. The van der Waals surface area contributed by atoms with Crippen LogP contribution in [0.15, 0.2) is 30.3 Å². The summed E-state index contributed by atoms with van der Waals surface area (Å²) >= 11 is 1.15. The minimum Gasteiger partial charge on any atom is -0.443 e. The van der Waals surface area contributed by atoms with Crippen molar-refractivity contribution in [3.8, 4) is 0 Å². The van der Waals surface area contributed by atoms with Gasteiger partial charge in [0.05, 0.1) is 0 Å².